The average molecular weight is 261 g/mol. The molecule has 0 fully saturated rings. The molecule has 5 heteroatoms. The number of furan rings is 1. The fourth-order valence-electron chi connectivity index (χ4n) is 1.71. The number of rotatable bonds is 5. The molecule has 102 valence electrons. The van der Waals surface area contributed by atoms with Gasteiger partial charge in [-0.1, -0.05) is 0 Å². The Kier molecular flexibility index (Phi) is 3.94. The smallest absolute Gasteiger partial charge is 0.239 e. The van der Waals surface area contributed by atoms with Gasteiger partial charge in [-0.25, -0.2) is 0 Å². The third-order valence-corrected chi connectivity index (χ3v) is 2.61. The summed E-state index contributed by atoms with van der Waals surface area (Å²) in [6.07, 6.45) is 3.43. The number of nitrogens with two attached hydrogens (primary N) is 1. The van der Waals surface area contributed by atoms with Gasteiger partial charge in [-0.3, -0.25) is 0 Å². The van der Waals surface area contributed by atoms with E-state index in [2.05, 4.69) is 4.98 Å². The standard InChI is InChI=1S/C14H19N3O2/c1-10(2)19-14-12(15)4-5-13(16-14)17(3)8-11-6-7-18-9-11/h4-7,9-10H,8,15H2,1-3H3. The minimum atomic E-state index is 0.0456. The molecule has 5 nitrogen and oxygen atoms in total. The van der Waals surface area contributed by atoms with Crippen LogP contribution in [-0.4, -0.2) is 18.1 Å². The number of hydrogen-bond donors (Lipinski definition) is 1. The van der Waals surface area contributed by atoms with E-state index in [1.165, 1.54) is 0 Å². The minimum absolute atomic E-state index is 0.0456. The summed E-state index contributed by atoms with van der Waals surface area (Å²) in [5.41, 5.74) is 7.49. The molecule has 0 atom stereocenters. The molecule has 0 radical (unpaired) electrons. The summed E-state index contributed by atoms with van der Waals surface area (Å²) in [6, 6.07) is 5.62. The van der Waals surface area contributed by atoms with Gasteiger partial charge in [-0.2, -0.15) is 4.98 Å². The van der Waals surface area contributed by atoms with Crippen molar-refractivity contribution in [2.75, 3.05) is 17.7 Å². The number of nitrogen functional groups attached to an aromatic ring is 1. The van der Waals surface area contributed by atoms with Crippen LogP contribution in [0.3, 0.4) is 0 Å². The molecule has 2 aromatic heterocycles. The Bertz CT molecular complexity index is 523. The highest BCUT2D eigenvalue weighted by Crippen LogP contribution is 2.24. The quantitative estimate of drug-likeness (QED) is 0.896. The molecule has 0 bridgehead atoms. The van der Waals surface area contributed by atoms with Crippen LogP contribution in [0, 0.1) is 0 Å². The second-order valence-electron chi connectivity index (χ2n) is 4.72. The molecule has 2 aromatic rings. The fourth-order valence-corrected chi connectivity index (χ4v) is 1.71. The van der Waals surface area contributed by atoms with Gasteiger partial charge in [-0.05, 0) is 32.0 Å². The molecule has 2 rings (SSSR count). The lowest BCUT2D eigenvalue weighted by atomic mass is 10.3. The first-order chi connectivity index (χ1) is 9.06. The van der Waals surface area contributed by atoms with Gasteiger partial charge in [0, 0.05) is 19.2 Å². The maximum Gasteiger partial charge on any atom is 0.239 e. The molecule has 0 saturated carbocycles. The second kappa shape index (κ2) is 5.65. The van der Waals surface area contributed by atoms with Gasteiger partial charge < -0.3 is 19.8 Å². The van der Waals surface area contributed by atoms with Crippen molar-refractivity contribution in [2.24, 2.45) is 0 Å². The number of pyridine rings is 1. The summed E-state index contributed by atoms with van der Waals surface area (Å²) < 4.78 is 10.6. The molecular formula is C14H19N3O2. The zero-order valence-corrected chi connectivity index (χ0v) is 11.5. The normalized spacial score (nSPS) is 10.7. The van der Waals surface area contributed by atoms with Crippen molar-refractivity contribution in [3.05, 3.63) is 36.3 Å². The third kappa shape index (κ3) is 3.40. The monoisotopic (exact) mass is 261 g/mol. The summed E-state index contributed by atoms with van der Waals surface area (Å²) in [4.78, 5) is 6.45. The maximum atomic E-state index is 5.85. The van der Waals surface area contributed by atoms with Crippen molar-refractivity contribution in [3.63, 3.8) is 0 Å². The van der Waals surface area contributed by atoms with E-state index in [0.29, 0.717) is 18.1 Å². The van der Waals surface area contributed by atoms with Crippen molar-refractivity contribution >= 4 is 11.5 Å². The first kappa shape index (κ1) is 13.3. The van der Waals surface area contributed by atoms with E-state index in [9.17, 15) is 0 Å². The second-order valence-corrected chi connectivity index (χ2v) is 4.72. The summed E-state index contributed by atoms with van der Waals surface area (Å²) in [5, 5.41) is 0. The molecular weight excluding hydrogens is 242 g/mol. The highest BCUT2D eigenvalue weighted by molar-refractivity contribution is 5.54. The highest BCUT2D eigenvalue weighted by atomic mass is 16.5. The molecule has 0 spiro atoms. The largest absolute Gasteiger partial charge is 0.473 e. The molecule has 0 amide bonds. The molecule has 0 aromatic carbocycles. The predicted octanol–water partition coefficient (Wildman–Crippen LogP) is 2.68. The summed E-state index contributed by atoms with van der Waals surface area (Å²) in [7, 11) is 1.96. The van der Waals surface area contributed by atoms with E-state index in [4.69, 9.17) is 14.9 Å². The van der Waals surface area contributed by atoms with Crippen LogP contribution in [0.5, 0.6) is 5.88 Å². The summed E-state index contributed by atoms with van der Waals surface area (Å²) in [5.74, 6) is 1.29. The SMILES string of the molecule is CC(C)Oc1nc(N(C)Cc2ccoc2)ccc1N. The Morgan fingerprint density at radius 3 is 2.79 bits per heavy atom. The van der Waals surface area contributed by atoms with Gasteiger partial charge in [0.25, 0.3) is 0 Å². The van der Waals surface area contributed by atoms with E-state index in [-0.39, 0.29) is 6.10 Å². The van der Waals surface area contributed by atoms with Gasteiger partial charge in [-0.15, -0.1) is 0 Å². The topological polar surface area (TPSA) is 64.5 Å². The molecule has 0 aliphatic heterocycles. The van der Waals surface area contributed by atoms with Crippen molar-refractivity contribution < 1.29 is 9.15 Å². The van der Waals surface area contributed by atoms with Crippen LogP contribution < -0.4 is 15.4 Å². The Morgan fingerprint density at radius 1 is 1.37 bits per heavy atom. The van der Waals surface area contributed by atoms with Gasteiger partial charge in [0.1, 0.15) is 5.82 Å². The van der Waals surface area contributed by atoms with E-state index in [0.717, 1.165) is 11.4 Å². The summed E-state index contributed by atoms with van der Waals surface area (Å²) >= 11 is 0. The average Bonchev–Trinajstić information content (AvgIpc) is 2.84. The van der Waals surface area contributed by atoms with E-state index in [1.807, 2.05) is 44.0 Å². The zero-order valence-electron chi connectivity index (χ0n) is 11.5. The van der Waals surface area contributed by atoms with Crippen LogP contribution in [0.4, 0.5) is 11.5 Å². The molecule has 0 aliphatic carbocycles. The maximum absolute atomic E-state index is 5.85. The molecule has 2 N–H and O–H groups in total. The van der Waals surface area contributed by atoms with Crippen LogP contribution >= 0.6 is 0 Å². The number of anilines is 2. The number of aromatic nitrogens is 1. The van der Waals surface area contributed by atoms with Gasteiger partial charge in [0.05, 0.1) is 24.3 Å². The van der Waals surface area contributed by atoms with Crippen molar-refractivity contribution in [1.82, 2.24) is 4.98 Å². The van der Waals surface area contributed by atoms with Gasteiger partial charge in [0.2, 0.25) is 5.88 Å². The highest BCUT2D eigenvalue weighted by Gasteiger charge is 2.10. The first-order valence-corrected chi connectivity index (χ1v) is 6.21. The van der Waals surface area contributed by atoms with Gasteiger partial charge >= 0.3 is 0 Å². The third-order valence-electron chi connectivity index (χ3n) is 2.61. The summed E-state index contributed by atoms with van der Waals surface area (Å²) in [6.45, 7) is 4.61. The molecule has 0 aliphatic rings. The van der Waals surface area contributed by atoms with E-state index < -0.39 is 0 Å². The fraction of sp³-hybridized carbons (Fsp3) is 0.357. The Morgan fingerprint density at radius 2 is 2.16 bits per heavy atom. The van der Waals surface area contributed by atoms with Crippen molar-refractivity contribution in [2.45, 2.75) is 26.5 Å². The van der Waals surface area contributed by atoms with Crippen LogP contribution in [-0.2, 0) is 6.54 Å². The lowest BCUT2D eigenvalue weighted by Gasteiger charge is -2.19. The number of nitrogens with zero attached hydrogens (tertiary/aromatic N) is 2. The zero-order chi connectivity index (χ0) is 13.8. The van der Waals surface area contributed by atoms with Crippen molar-refractivity contribution in [1.29, 1.82) is 0 Å². The lowest BCUT2D eigenvalue weighted by Crippen LogP contribution is -2.18. The van der Waals surface area contributed by atoms with E-state index in [1.54, 1.807) is 12.5 Å². The lowest BCUT2D eigenvalue weighted by molar-refractivity contribution is 0.234. The van der Waals surface area contributed by atoms with Crippen molar-refractivity contribution in [3.8, 4) is 5.88 Å². The first-order valence-electron chi connectivity index (χ1n) is 6.21. The molecule has 0 unspecified atom stereocenters. The molecule has 2 heterocycles. The minimum Gasteiger partial charge on any atom is -0.473 e. The number of ether oxygens (including phenoxy) is 1. The van der Waals surface area contributed by atoms with Gasteiger partial charge in [0.15, 0.2) is 0 Å². The van der Waals surface area contributed by atoms with Crippen LogP contribution in [0.15, 0.2) is 35.1 Å². The van der Waals surface area contributed by atoms with Crippen LogP contribution in [0.25, 0.3) is 0 Å². The van der Waals surface area contributed by atoms with Crippen LogP contribution in [0.2, 0.25) is 0 Å². The Hall–Kier alpha value is -2.17. The van der Waals surface area contributed by atoms with Crippen LogP contribution in [0.1, 0.15) is 19.4 Å². The van der Waals surface area contributed by atoms with E-state index >= 15 is 0 Å². The molecule has 0 saturated heterocycles. The Balaban J connectivity index is 2.15. The molecule has 19 heavy (non-hydrogen) atoms. The Labute approximate surface area is 113 Å². The number of hydrogen-bond acceptors (Lipinski definition) is 5. The predicted molar refractivity (Wildman–Crippen MR) is 75.2 cm³/mol.